The van der Waals surface area contributed by atoms with Crippen molar-refractivity contribution in [2.45, 2.75) is 0 Å². The van der Waals surface area contributed by atoms with Crippen LogP contribution in [0.3, 0.4) is 0 Å². The molecule has 0 saturated carbocycles. The van der Waals surface area contributed by atoms with Crippen LogP contribution >= 0.6 is 11.3 Å². The molecule has 0 unspecified atom stereocenters. The Kier molecular flexibility index (Phi) is 5.12. The van der Waals surface area contributed by atoms with E-state index in [9.17, 15) is 5.02 Å². The van der Waals surface area contributed by atoms with Crippen molar-refractivity contribution in [2.24, 2.45) is 0 Å². The van der Waals surface area contributed by atoms with Gasteiger partial charge in [-0.25, -0.2) is 0 Å². The van der Waals surface area contributed by atoms with Gasteiger partial charge in [0.05, 0.1) is 4.70 Å². The Balaban J connectivity index is 1.28. The molecule has 9 rings (SSSR count). The summed E-state index contributed by atoms with van der Waals surface area (Å²) in [6, 6.07) is 45.9. The Morgan fingerprint density at radius 3 is 2.00 bits per heavy atom. The molecule has 8 aromatic carbocycles. The summed E-state index contributed by atoms with van der Waals surface area (Å²) in [6.45, 7) is 0. The average molecular weight is 553 g/mol. The first-order valence-electron chi connectivity index (χ1n) is 14.1. The third-order valence-corrected chi connectivity index (χ3v) is 9.90. The fraction of sp³-hybridized carbons (Fsp3) is 0. The highest BCUT2D eigenvalue weighted by Gasteiger charge is 2.18. The second-order valence-electron chi connectivity index (χ2n) is 10.9. The minimum atomic E-state index is 0.667. The monoisotopic (exact) mass is 553 g/mol. The lowest BCUT2D eigenvalue weighted by molar-refractivity contribution is 0.457. The molecule has 1 N–H and O–H groups in total. The Bertz CT molecular complexity index is 2480. The van der Waals surface area contributed by atoms with Crippen molar-refractivity contribution < 1.29 is 9.68 Å². The lowest BCUT2D eigenvalue weighted by Crippen LogP contribution is -1.99. The van der Waals surface area contributed by atoms with Crippen LogP contribution in [-0.4, -0.2) is 12.7 Å². The first-order chi connectivity index (χ1) is 20.8. The van der Waals surface area contributed by atoms with Gasteiger partial charge in [-0.1, -0.05) is 115 Å². The molecule has 195 valence electrons. The summed E-state index contributed by atoms with van der Waals surface area (Å²) in [4.78, 5) is 0. The number of hydrogen-bond donors (Lipinski definition) is 1. The third-order valence-electron chi connectivity index (χ3n) is 8.65. The van der Waals surface area contributed by atoms with Gasteiger partial charge >= 0.3 is 7.69 Å². The van der Waals surface area contributed by atoms with Crippen molar-refractivity contribution in [3.05, 3.63) is 127 Å². The molecule has 2 nitrogen and oxygen atoms in total. The van der Waals surface area contributed by atoms with Gasteiger partial charge in [0, 0.05) is 15.5 Å². The zero-order chi connectivity index (χ0) is 27.8. The van der Waals surface area contributed by atoms with Gasteiger partial charge in [-0.05, 0) is 77.5 Å². The molecule has 0 aliphatic rings. The molecule has 0 bridgehead atoms. The number of rotatable bonds is 4. The molecule has 0 spiro atoms. The van der Waals surface area contributed by atoms with Gasteiger partial charge in [-0.15, -0.1) is 11.3 Å². The maximum absolute atomic E-state index is 9.52. The number of hydrogen-bond acceptors (Lipinski definition) is 3. The van der Waals surface area contributed by atoms with Crippen molar-refractivity contribution in [3.63, 3.8) is 0 Å². The highest BCUT2D eigenvalue weighted by Crippen LogP contribution is 2.47. The van der Waals surface area contributed by atoms with Gasteiger partial charge < -0.3 is 9.68 Å². The van der Waals surface area contributed by atoms with Crippen LogP contribution in [0.4, 0.5) is 0 Å². The summed E-state index contributed by atoms with van der Waals surface area (Å²) in [5.41, 5.74) is 4.81. The van der Waals surface area contributed by atoms with E-state index < -0.39 is 0 Å². The molecule has 0 amide bonds. The molecule has 9 aromatic rings. The van der Waals surface area contributed by atoms with Crippen LogP contribution in [0.1, 0.15) is 0 Å². The SMILES string of the molecule is O[B]Oc1cc2ccccc2c2c1sc1c(-c3cccc(-c4ccc5ccc6cccc7ccc4c5c67)c3)cccc12. The molecule has 1 radical (unpaired) electrons. The van der Waals surface area contributed by atoms with Crippen LogP contribution in [0.15, 0.2) is 127 Å². The minimum absolute atomic E-state index is 0.667. The molecule has 4 heteroatoms. The van der Waals surface area contributed by atoms with E-state index in [2.05, 4.69) is 115 Å². The lowest BCUT2D eigenvalue weighted by Gasteiger charge is -2.15. The maximum atomic E-state index is 9.52. The summed E-state index contributed by atoms with van der Waals surface area (Å²) in [7, 11) is 0.773. The number of benzene rings is 8. The van der Waals surface area contributed by atoms with Crippen molar-refractivity contribution in [3.8, 4) is 28.0 Å². The molecular weight excluding hydrogens is 531 g/mol. The van der Waals surface area contributed by atoms with E-state index >= 15 is 0 Å². The Labute approximate surface area is 246 Å². The molecule has 42 heavy (non-hydrogen) atoms. The summed E-state index contributed by atoms with van der Waals surface area (Å²) < 4.78 is 7.85. The Hall–Kier alpha value is -4.90. The molecular formula is C38H22BO2S. The van der Waals surface area contributed by atoms with Crippen molar-refractivity contribution in [2.75, 3.05) is 0 Å². The van der Waals surface area contributed by atoms with E-state index in [1.54, 1.807) is 11.3 Å². The van der Waals surface area contributed by atoms with E-state index in [0.29, 0.717) is 5.75 Å². The fourth-order valence-corrected chi connectivity index (χ4v) is 8.14. The average Bonchev–Trinajstić information content (AvgIpc) is 3.44. The molecule has 1 aromatic heterocycles. The van der Waals surface area contributed by atoms with E-state index in [1.807, 2.05) is 12.1 Å². The first-order valence-corrected chi connectivity index (χ1v) is 14.9. The smallest absolute Gasteiger partial charge is 0.536 e. The largest absolute Gasteiger partial charge is 0.569 e. The zero-order valence-corrected chi connectivity index (χ0v) is 23.3. The summed E-state index contributed by atoms with van der Waals surface area (Å²) in [5.74, 6) is 0.667. The molecule has 1 heterocycles. The molecule has 0 saturated heterocycles. The van der Waals surface area contributed by atoms with Gasteiger partial charge in [0.15, 0.2) is 0 Å². The van der Waals surface area contributed by atoms with Crippen molar-refractivity contribution in [1.82, 2.24) is 0 Å². The van der Waals surface area contributed by atoms with E-state index in [0.717, 1.165) is 23.2 Å². The third kappa shape index (κ3) is 3.37. The molecule has 0 atom stereocenters. The van der Waals surface area contributed by atoms with Gasteiger partial charge in [0.1, 0.15) is 5.75 Å². The van der Waals surface area contributed by atoms with E-state index in [4.69, 9.17) is 4.65 Å². The zero-order valence-electron chi connectivity index (χ0n) is 22.5. The van der Waals surface area contributed by atoms with Crippen LogP contribution in [0.2, 0.25) is 0 Å². The van der Waals surface area contributed by atoms with E-state index in [1.165, 1.54) is 70.0 Å². The van der Waals surface area contributed by atoms with Gasteiger partial charge in [0.25, 0.3) is 0 Å². The highest BCUT2D eigenvalue weighted by molar-refractivity contribution is 7.27. The maximum Gasteiger partial charge on any atom is 0.569 e. The van der Waals surface area contributed by atoms with Crippen LogP contribution in [-0.2, 0) is 0 Å². The summed E-state index contributed by atoms with van der Waals surface area (Å²) >= 11 is 1.72. The molecule has 0 aliphatic carbocycles. The minimum Gasteiger partial charge on any atom is -0.536 e. The normalized spacial score (nSPS) is 11.9. The van der Waals surface area contributed by atoms with Gasteiger partial charge in [0.2, 0.25) is 0 Å². The van der Waals surface area contributed by atoms with E-state index in [-0.39, 0.29) is 0 Å². The highest BCUT2D eigenvalue weighted by atomic mass is 32.1. The van der Waals surface area contributed by atoms with Gasteiger partial charge in [-0.3, -0.25) is 0 Å². The Morgan fingerprint density at radius 2 is 1.14 bits per heavy atom. The summed E-state index contributed by atoms with van der Waals surface area (Å²) in [5, 5.41) is 21.9. The van der Waals surface area contributed by atoms with Crippen LogP contribution in [0.5, 0.6) is 5.75 Å². The Morgan fingerprint density at radius 1 is 0.476 bits per heavy atom. The van der Waals surface area contributed by atoms with Crippen LogP contribution in [0.25, 0.3) is 85.5 Å². The van der Waals surface area contributed by atoms with Crippen molar-refractivity contribution in [1.29, 1.82) is 0 Å². The molecule has 0 aliphatic heterocycles. The number of thiophene rings is 1. The summed E-state index contributed by atoms with van der Waals surface area (Å²) in [6.07, 6.45) is 0. The standard InChI is InChI=1S/C38H22BO2S/c40-39-41-33-21-27-6-1-2-11-29(27)36-32-13-5-12-30(37(32)42-38(33)36)26-10-4-9-25(20-26)28-18-16-24-15-14-22-7-3-8-23-17-19-31(28)35(24)34(22)23/h1-21,40H. The topological polar surface area (TPSA) is 29.5 Å². The first kappa shape index (κ1) is 23.8. The molecule has 0 fully saturated rings. The second-order valence-corrected chi connectivity index (χ2v) is 11.9. The predicted octanol–water partition coefficient (Wildman–Crippen LogP) is 10.3. The van der Waals surface area contributed by atoms with Crippen LogP contribution < -0.4 is 4.65 Å². The fourth-order valence-electron chi connectivity index (χ4n) is 6.83. The van der Waals surface area contributed by atoms with Crippen LogP contribution in [0, 0.1) is 0 Å². The van der Waals surface area contributed by atoms with Gasteiger partial charge in [-0.2, -0.15) is 0 Å². The second kappa shape index (κ2) is 9.05. The quantitative estimate of drug-likeness (QED) is 0.174. The van der Waals surface area contributed by atoms with Crippen molar-refractivity contribution >= 4 is 82.3 Å². The lowest BCUT2D eigenvalue weighted by atomic mass is 9.89. The number of fused-ring (bicyclic) bond motifs is 5. The predicted molar refractivity (Wildman–Crippen MR) is 180 cm³/mol.